The zero-order valence-electron chi connectivity index (χ0n) is 5.14. The molecule has 0 saturated carbocycles. The standard InChI is InChI=1S/C3H8N2.2ClH.2H2O.Pt/c4-1-3-2-5-3;;;;;/h3,5H,1-2,4H2;2*1H;2*1H2;/q;;;;;+2/p-2. The number of hydrogen-bond acceptors (Lipinski definition) is 2. The van der Waals surface area contributed by atoms with Gasteiger partial charge in [-0.2, -0.15) is 0 Å². The molecule has 1 atom stereocenters. The van der Waals surface area contributed by atoms with Crippen LogP contribution in [0.15, 0.2) is 0 Å². The summed E-state index contributed by atoms with van der Waals surface area (Å²) in [5, 5.41) is 3.06. The topological polar surface area (TPSA) is 111 Å². The van der Waals surface area contributed by atoms with E-state index in [2.05, 4.69) is 5.32 Å². The van der Waals surface area contributed by atoms with E-state index in [1.807, 2.05) is 0 Å². The zero-order valence-corrected chi connectivity index (χ0v) is 8.93. The summed E-state index contributed by atoms with van der Waals surface area (Å²) < 4.78 is 0. The molecule has 0 bridgehead atoms. The molecule has 1 aliphatic heterocycles. The fourth-order valence-corrected chi connectivity index (χ4v) is 0.250. The summed E-state index contributed by atoms with van der Waals surface area (Å²) in [6, 6.07) is 0.662. The molecule has 7 N–H and O–H groups in total. The summed E-state index contributed by atoms with van der Waals surface area (Å²) in [5.74, 6) is 0. The van der Waals surface area contributed by atoms with Gasteiger partial charge in [-0.1, -0.05) is 0 Å². The molecular formula is C3H12Cl2N2O2Pt. The van der Waals surface area contributed by atoms with Gasteiger partial charge in [0, 0.05) is 19.1 Å². The summed E-state index contributed by atoms with van der Waals surface area (Å²) >= 11 is -0.472. The second-order valence-electron chi connectivity index (χ2n) is 1.39. The van der Waals surface area contributed by atoms with Crippen LogP contribution in [0.2, 0.25) is 0 Å². The van der Waals surface area contributed by atoms with E-state index in [-0.39, 0.29) is 11.0 Å². The molecule has 0 aliphatic carbocycles. The third kappa shape index (κ3) is 16.0. The average Bonchev–Trinajstić information content (AvgIpc) is 2.48. The molecule has 4 nitrogen and oxygen atoms in total. The summed E-state index contributed by atoms with van der Waals surface area (Å²) in [6.07, 6.45) is 0. The van der Waals surface area contributed by atoms with Crippen LogP contribution in [0.4, 0.5) is 0 Å². The van der Waals surface area contributed by atoms with Crippen LogP contribution in [-0.4, -0.2) is 30.1 Å². The number of nitrogens with two attached hydrogens (primary N) is 1. The first-order valence-electron chi connectivity index (χ1n) is 2.11. The van der Waals surface area contributed by atoms with Gasteiger partial charge in [0.15, 0.2) is 0 Å². The van der Waals surface area contributed by atoms with Crippen LogP contribution in [0.3, 0.4) is 0 Å². The van der Waals surface area contributed by atoms with Crippen LogP contribution >= 0.6 is 18.8 Å². The van der Waals surface area contributed by atoms with E-state index in [4.69, 9.17) is 24.6 Å². The van der Waals surface area contributed by atoms with Crippen LogP contribution in [0.5, 0.6) is 0 Å². The summed E-state index contributed by atoms with van der Waals surface area (Å²) in [6.45, 7) is 1.94. The fraction of sp³-hybridized carbons (Fsp3) is 1.00. The molecular weight excluding hydrogens is 362 g/mol. The van der Waals surface area contributed by atoms with E-state index in [9.17, 15) is 0 Å². The summed E-state index contributed by atoms with van der Waals surface area (Å²) in [4.78, 5) is 0. The molecule has 0 radical (unpaired) electrons. The summed E-state index contributed by atoms with van der Waals surface area (Å²) in [5.41, 5.74) is 5.17. The minimum absolute atomic E-state index is 0. The van der Waals surface area contributed by atoms with Gasteiger partial charge in [-0.15, -0.1) is 0 Å². The van der Waals surface area contributed by atoms with Crippen molar-refractivity contribution in [2.75, 3.05) is 13.1 Å². The van der Waals surface area contributed by atoms with Crippen molar-refractivity contribution in [3.05, 3.63) is 0 Å². The Bertz CT molecular complexity index is 57.8. The first-order chi connectivity index (χ1) is 3.85. The van der Waals surface area contributed by atoms with Gasteiger partial charge >= 0.3 is 35.3 Å². The molecule has 1 unspecified atom stereocenters. The van der Waals surface area contributed by atoms with Crippen molar-refractivity contribution in [2.45, 2.75) is 6.04 Å². The fourth-order valence-electron chi connectivity index (χ4n) is 0.250. The monoisotopic (exact) mass is 373 g/mol. The predicted octanol–water partition coefficient (Wildman–Crippen LogP) is -1.36. The second kappa shape index (κ2) is 12.8. The molecule has 7 heteroatoms. The van der Waals surface area contributed by atoms with E-state index in [1.54, 1.807) is 0 Å². The molecule has 1 aliphatic rings. The maximum atomic E-state index is 5.17. The third-order valence-electron chi connectivity index (χ3n) is 0.777. The quantitative estimate of drug-likeness (QED) is 0.553. The van der Waals surface area contributed by atoms with E-state index in [1.165, 1.54) is 0 Å². The van der Waals surface area contributed by atoms with Crippen LogP contribution in [0.25, 0.3) is 0 Å². The van der Waals surface area contributed by atoms with Crippen LogP contribution in [0, 0.1) is 0 Å². The second-order valence-corrected chi connectivity index (χ2v) is 4.67. The van der Waals surface area contributed by atoms with Crippen molar-refractivity contribution < 1.29 is 27.4 Å². The Morgan fingerprint density at radius 2 is 1.80 bits per heavy atom. The van der Waals surface area contributed by atoms with Crippen molar-refractivity contribution in [3.63, 3.8) is 0 Å². The van der Waals surface area contributed by atoms with Crippen molar-refractivity contribution in [3.8, 4) is 0 Å². The molecule has 1 saturated heterocycles. The molecule has 0 aromatic rings. The van der Waals surface area contributed by atoms with Gasteiger partial charge in [0.05, 0.1) is 0 Å². The zero-order chi connectivity index (χ0) is 6.41. The van der Waals surface area contributed by atoms with Gasteiger partial charge in [-0.05, 0) is 0 Å². The Balaban J connectivity index is -0.0000000900. The first kappa shape index (κ1) is 17.3. The Morgan fingerprint density at radius 3 is 1.80 bits per heavy atom. The number of hydrogen-bond donors (Lipinski definition) is 2. The van der Waals surface area contributed by atoms with Gasteiger partial charge in [0.1, 0.15) is 0 Å². The van der Waals surface area contributed by atoms with Crippen molar-refractivity contribution in [1.82, 2.24) is 5.32 Å². The van der Waals surface area contributed by atoms with Crippen molar-refractivity contribution in [1.29, 1.82) is 0 Å². The van der Waals surface area contributed by atoms with Crippen molar-refractivity contribution in [2.24, 2.45) is 5.73 Å². The van der Waals surface area contributed by atoms with Gasteiger partial charge in [0.2, 0.25) is 0 Å². The molecule has 0 spiro atoms. The number of halogens is 2. The molecule has 0 aromatic carbocycles. The molecule has 1 heterocycles. The Hall–Kier alpha value is 1.11. The summed E-state index contributed by atoms with van der Waals surface area (Å²) in [7, 11) is 9.75. The molecule has 0 aromatic heterocycles. The maximum absolute atomic E-state index is 5.17. The SMILES string of the molecule is NCC1CN1.O.O.[Cl][Pt][Cl]. The third-order valence-corrected chi connectivity index (χ3v) is 0.777. The van der Waals surface area contributed by atoms with E-state index in [0.29, 0.717) is 6.04 Å². The molecule has 1 rings (SSSR count). The normalized spacial score (nSPS) is 19.3. The molecule has 70 valence electrons. The van der Waals surface area contributed by atoms with Gasteiger partial charge in [-0.3, -0.25) is 0 Å². The predicted molar refractivity (Wildman–Crippen MR) is 39.8 cm³/mol. The molecule has 1 fully saturated rings. The van der Waals surface area contributed by atoms with E-state index < -0.39 is 16.5 Å². The Labute approximate surface area is 76.4 Å². The van der Waals surface area contributed by atoms with Crippen LogP contribution in [-0.2, 0) is 16.5 Å². The van der Waals surface area contributed by atoms with E-state index >= 15 is 0 Å². The number of rotatable bonds is 1. The van der Waals surface area contributed by atoms with E-state index in [0.717, 1.165) is 13.1 Å². The molecule has 0 amide bonds. The average molecular weight is 374 g/mol. The van der Waals surface area contributed by atoms with Crippen LogP contribution in [0.1, 0.15) is 0 Å². The Kier molecular flexibility index (Phi) is 22.0. The minimum atomic E-state index is -0.472. The first-order valence-corrected chi connectivity index (χ1v) is 7.74. The van der Waals surface area contributed by atoms with Crippen molar-refractivity contribution >= 4 is 18.8 Å². The Morgan fingerprint density at radius 1 is 1.50 bits per heavy atom. The van der Waals surface area contributed by atoms with Gasteiger partial charge in [-0.25, -0.2) is 0 Å². The molecule has 10 heavy (non-hydrogen) atoms. The number of nitrogens with one attached hydrogen (secondary N) is 1. The van der Waals surface area contributed by atoms with Gasteiger partial charge < -0.3 is 22.0 Å². The van der Waals surface area contributed by atoms with Gasteiger partial charge in [0.25, 0.3) is 0 Å². The van der Waals surface area contributed by atoms with Crippen LogP contribution < -0.4 is 11.1 Å².